The first-order valence-corrected chi connectivity index (χ1v) is 7.42. The standard InChI is InChI=1S/C13H12F3NO3S/c1-9(11-6-4-8-20-11)17-10-5-2-3-7-12(10)21(18,19)13(14,15)16/h2-9,17H,1H3. The van der Waals surface area contributed by atoms with Crippen LogP contribution in [0.25, 0.3) is 0 Å². The predicted octanol–water partition coefficient (Wildman–Crippen LogP) is 3.75. The van der Waals surface area contributed by atoms with Crippen LogP contribution in [0.1, 0.15) is 18.7 Å². The zero-order chi connectivity index (χ0) is 15.7. The van der Waals surface area contributed by atoms with Crippen molar-refractivity contribution in [3.05, 3.63) is 48.4 Å². The molecule has 0 amide bonds. The summed E-state index contributed by atoms with van der Waals surface area (Å²) in [6, 6.07) is 7.67. The van der Waals surface area contributed by atoms with Crippen LogP contribution in [0.4, 0.5) is 18.9 Å². The summed E-state index contributed by atoms with van der Waals surface area (Å²) >= 11 is 0. The highest BCUT2D eigenvalue weighted by molar-refractivity contribution is 7.92. The number of anilines is 1. The van der Waals surface area contributed by atoms with Gasteiger partial charge in [0, 0.05) is 0 Å². The van der Waals surface area contributed by atoms with Gasteiger partial charge in [-0.05, 0) is 31.2 Å². The SMILES string of the molecule is CC(Nc1ccccc1S(=O)(=O)C(F)(F)F)c1ccco1. The Bertz CT molecular complexity index is 709. The number of nitrogens with one attached hydrogen (secondary N) is 1. The molecule has 0 spiro atoms. The van der Waals surface area contributed by atoms with E-state index >= 15 is 0 Å². The molecule has 0 saturated carbocycles. The highest BCUT2D eigenvalue weighted by Crippen LogP contribution is 2.35. The lowest BCUT2D eigenvalue weighted by Crippen LogP contribution is -2.24. The van der Waals surface area contributed by atoms with Gasteiger partial charge in [0.15, 0.2) is 0 Å². The molecule has 0 aliphatic rings. The van der Waals surface area contributed by atoms with Crippen LogP contribution in [0, 0.1) is 0 Å². The van der Waals surface area contributed by atoms with E-state index in [9.17, 15) is 21.6 Å². The van der Waals surface area contributed by atoms with Crippen LogP contribution >= 0.6 is 0 Å². The van der Waals surface area contributed by atoms with Gasteiger partial charge in [0.1, 0.15) is 5.76 Å². The minimum atomic E-state index is -5.41. The maximum absolute atomic E-state index is 12.7. The zero-order valence-electron chi connectivity index (χ0n) is 10.9. The summed E-state index contributed by atoms with van der Waals surface area (Å²) in [5, 5.41) is 2.72. The molecule has 0 aliphatic carbocycles. The van der Waals surface area contributed by atoms with Gasteiger partial charge in [-0.2, -0.15) is 13.2 Å². The molecule has 8 heteroatoms. The molecule has 1 aromatic heterocycles. The van der Waals surface area contributed by atoms with E-state index in [2.05, 4.69) is 5.32 Å². The smallest absolute Gasteiger partial charge is 0.467 e. The number of hydrogen-bond donors (Lipinski definition) is 1. The second-order valence-corrected chi connectivity index (χ2v) is 6.24. The Morgan fingerprint density at radius 1 is 1.14 bits per heavy atom. The van der Waals surface area contributed by atoms with Gasteiger partial charge >= 0.3 is 5.51 Å². The van der Waals surface area contributed by atoms with Crippen LogP contribution < -0.4 is 5.32 Å². The molecule has 1 N–H and O–H groups in total. The fourth-order valence-corrected chi connectivity index (χ4v) is 2.71. The first-order chi connectivity index (χ1) is 9.73. The molecule has 21 heavy (non-hydrogen) atoms. The van der Waals surface area contributed by atoms with Crippen molar-refractivity contribution in [2.75, 3.05) is 5.32 Å². The van der Waals surface area contributed by atoms with Crippen molar-refractivity contribution >= 4 is 15.5 Å². The van der Waals surface area contributed by atoms with Crippen molar-refractivity contribution in [1.29, 1.82) is 0 Å². The maximum Gasteiger partial charge on any atom is 0.501 e. The Labute approximate surface area is 119 Å². The summed E-state index contributed by atoms with van der Waals surface area (Å²) in [5.41, 5.74) is -5.47. The molecule has 1 atom stereocenters. The number of benzene rings is 1. The lowest BCUT2D eigenvalue weighted by Gasteiger charge is -2.17. The Hall–Kier alpha value is -1.96. The molecule has 1 unspecified atom stereocenters. The summed E-state index contributed by atoms with van der Waals surface area (Å²) in [5.74, 6) is 0.481. The van der Waals surface area contributed by atoms with Gasteiger partial charge in [0.25, 0.3) is 9.84 Å². The van der Waals surface area contributed by atoms with E-state index in [0.29, 0.717) is 5.76 Å². The highest BCUT2D eigenvalue weighted by Gasteiger charge is 2.48. The topological polar surface area (TPSA) is 59.3 Å². The number of rotatable bonds is 4. The molecule has 2 aromatic rings. The third kappa shape index (κ3) is 3.05. The van der Waals surface area contributed by atoms with Crippen LogP contribution in [-0.2, 0) is 9.84 Å². The third-order valence-corrected chi connectivity index (χ3v) is 4.37. The van der Waals surface area contributed by atoms with E-state index in [4.69, 9.17) is 4.42 Å². The number of furan rings is 1. The second-order valence-electron chi connectivity index (χ2n) is 4.33. The summed E-state index contributed by atoms with van der Waals surface area (Å²) in [6.07, 6.45) is 1.42. The van der Waals surface area contributed by atoms with E-state index in [0.717, 1.165) is 6.07 Å². The Kier molecular flexibility index (Phi) is 3.99. The van der Waals surface area contributed by atoms with E-state index in [1.165, 1.54) is 24.5 Å². The van der Waals surface area contributed by atoms with Crippen molar-refractivity contribution in [3.63, 3.8) is 0 Å². The zero-order valence-corrected chi connectivity index (χ0v) is 11.7. The predicted molar refractivity (Wildman–Crippen MR) is 70.4 cm³/mol. The first-order valence-electron chi connectivity index (χ1n) is 5.94. The summed E-state index contributed by atoms with van der Waals surface area (Å²) in [7, 11) is -5.41. The molecule has 2 rings (SSSR count). The van der Waals surface area contributed by atoms with Gasteiger partial charge in [-0.15, -0.1) is 0 Å². The fraction of sp³-hybridized carbons (Fsp3) is 0.231. The highest BCUT2D eigenvalue weighted by atomic mass is 32.2. The minimum absolute atomic E-state index is 0.126. The quantitative estimate of drug-likeness (QED) is 0.932. The molecular formula is C13H12F3NO3S. The normalized spacial score (nSPS) is 13.9. The maximum atomic E-state index is 12.7. The lowest BCUT2D eigenvalue weighted by molar-refractivity contribution is -0.0435. The Morgan fingerprint density at radius 2 is 1.81 bits per heavy atom. The first kappa shape index (κ1) is 15.4. The molecule has 1 heterocycles. The van der Waals surface area contributed by atoms with E-state index in [1.54, 1.807) is 19.1 Å². The number of halogens is 3. The molecule has 0 aliphatic heterocycles. The van der Waals surface area contributed by atoms with Gasteiger partial charge in [-0.25, -0.2) is 8.42 Å². The Balaban J connectivity index is 2.39. The molecule has 0 radical (unpaired) electrons. The fourth-order valence-electron chi connectivity index (χ4n) is 1.79. The summed E-state index contributed by atoms with van der Waals surface area (Å²) in [6.45, 7) is 1.65. The average molecular weight is 319 g/mol. The molecule has 0 bridgehead atoms. The molecule has 1 aromatic carbocycles. The van der Waals surface area contributed by atoms with Crippen molar-refractivity contribution in [2.24, 2.45) is 0 Å². The van der Waals surface area contributed by atoms with Crippen molar-refractivity contribution in [3.8, 4) is 0 Å². The second kappa shape index (κ2) is 5.44. The van der Waals surface area contributed by atoms with Crippen LogP contribution in [0.15, 0.2) is 52.0 Å². The number of para-hydroxylation sites is 1. The Morgan fingerprint density at radius 3 is 2.38 bits per heavy atom. The van der Waals surface area contributed by atoms with Crippen LogP contribution in [-0.4, -0.2) is 13.9 Å². The summed E-state index contributed by atoms with van der Waals surface area (Å²) < 4.78 is 66.3. The van der Waals surface area contributed by atoms with E-state index in [1.807, 2.05) is 0 Å². The van der Waals surface area contributed by atoms with Crippen LogP contribution in [0.3, 0.4) is 0 Å². The minimum Gasteiger partial charge on any atom is -0.467 e. The van der Waals surface area contributed by atoms with E-state index in [-0.39, 0.29) is 5.69 Å². The molecule has 0 saturated heterocycles. The van der Waals surface area contributed by atoms with Gasteiger partial charge in [0.05, 0.1) is 22.9 Å². The number of sulfone groups is 1. The van der Waals surface area contributed by atoms with Gasteiger partial charge in [0.2, 0.25) is 0 Å². The largest absolute Gasteiger partial charge is 0.501 e. The number of hydrogen-bond acceptors (Lipinski definition) is 4. The van der Waals surface area contributed by atoms with Crippen molar-refractivity contribution in [1.82, 2.24) is 0 Å². The molecule has 4 nitrogen and oxygen atoms in total. The third-order valence-electron chi connectivity index (χ3n) is 2.82. The van der Waals surface area contributed by atoms with Gasteiger partial charge < -0.3 is 9.73 Å². The molecule has 114 valence electrons. The van der Waals surface area contributed by atoms with E-state index < -0.39 is 26.3 Å². The van der Waals surface area contributed by atoms with Crippen molar-refractivity contribution in [2.45, 2.75) is 23.4 Å². The van der Waals surface area contributed by atoms with Crippen LogP contribution in [0.5, 0.6) is 0 Å². The molecular weight excluding hydrogens is 307 g/mol. The monoisotopic (exact) mass is 319 g/mol. The van der Waals surface area contributed by atoms with Gasteiger partial charge in [-0.1, -0.05) is 12.1 Å². The number of alkyl halides is 3. The van der Waals surface area contributed by atoms with Gasteiger partial charge in [-0.3, -0.25) is 0 Å². The summed E-state index contributed by atoms with van der Waals surface area (Å²) in [4.78, 5) is -0.809. The average Bonchev–Trinajstić information content (AvgIpc) is 2.91. The lowest BCUT2D eigenvalue weighted by atomic mass is 10.2. The van der Waals surface area contributed by atoms with Crippen molar-refractivity contribution < 1.29 is 26.0 Å². The molecule has 0 fully saturated rings. The van der Waals surface area contributed by atoms with Crippen LogP contribution in [0.2, 0.25) is 0 Å².